The maximum Gasteiger partial charge on any atom is 0.315 e. The molecule has 160 valence electrons. The number of Topliss-reactive ketones (excluding diaryl/α,β-unsaturated/α-hetero) is 1. The van der Waals surface area contributed by atoms with Gasteiger partial charge in [0.1, 0.15) is 11.7 Å². The fourth-order valence-corrected chi connectivity index (χ4v) is 4.49. The van der Waals surface area contributed by atoms with Crippen LogP contribution in [0.15, 0.2) is 70.9 Å². The van der Waals surface area contributed by atoms with Crippen molar-refractivity contribution in [3.05, 3.63) is 77.0 Å². The van der Waals surface area contributed by atoms with Crippen LogP contribution in [0.5, 0.6) is 5.75 Å². The number of ketones is 1. The van der Waals surface area contributed by atoms with E-state index in [1.807, 2.05) is 61.5 Å². The number of hydrogen-bond acceptors (Lipinski definition) is 5. The minimum absolute atomic E-state index is 0.0837. The number of rotatable bonds is 6. The summed E-state index contributed by atoms with van der Waals surface area (Å²) in [6.45, 7) is 2.16. The highest BCUT2D eigenvalue weighted by Gasteiger charge is 2.43. The number of allylic oxidation sites excluding steroid dienone is 2. The largest absolute Gasteiger partial charge is 0.497 e. The van der Waals surface area contributed by atoms with E-state index in [0.717, 1.165) is 35.4 Å². The van der Waals surface area contributed by atoms with Crippen molar-refractivity contribution >= 4 is 17.5 Å². The van der Waals surface area contributed by atoms with Crippen molar-refractivity contribution in [2.75, 3.05) is 13.7 Å². The molecule has 4 rings (SSSR count). The van der Waals surface area contributed by atoms with Crippen LogP contribution in [-0.2, 0) is 20.7 Å². The van der Waals surface area contributed by atoms with Crippen LogP contribution >= 0.6 is 0 Å². The third kappa shape index (κ3) is 4.46. The molecule has 2 atom stereocenters. The Labute approximate surface area is 182 Å². The van der Waals surface area contributed by atoms with E-state index in [-0.39, 0.29) is 17.7 Å². The molecule has 31 heavy (non-hydrogen) atoms. The molecule has 2 aromatic carbocycles. The van der Waals surface area contributed by atoms with E-state index in [0.29, 0.717) is 30.7 Å². The summed E-state index contributed by atoms with van der Waals surface area (Å²) < 4.78 is 11.0. The van der Waals surface area contributed by atoms with Gasteiger partial charge in [-0.15, -0.1) is 0 Å². The lowest BCUT2D eigenvalue weighted by Crippen LogP contribution is -2.37. The number of carbonyl (C=O) groups excluding carboxylic acids is 2. The molecule has 0 amide bonds. The second kappa shape index (κ2) is 9.29. The van der Waals surface area contributed by atoms with Crippen LogP contribution in [-0.4, -0.2) is 31.2 Å². The Bertz CT molecular complexity index is 1020. The number of ether oxygens (including phenoxy) is 2. The molecule has 1 aliphatic heterocycles. The number of esters is 1. The lowest BCUT2D eigenvalue weighted by atomic mass is 9.72. The molecule has 0 radical (unpaired) electrons. The van der Waals surface area contributed by atoms with E-state index in [9.17, 15) is 9.59 Å². The molecule has 5 nitrogen and oxygen atoms in total. The second-order valence-corrected chi connectivity index (χ2v) is 8.02. The Morgan fingerprint density at radius 1 is 1.06 bits per heavy atom. The molecule has 0 saturated heterocycles. The van der Waals surface area contributed by atoms with Gasteiger partial charge in [0.2, 0.25) is 0 Å². The minimum Gasteiger partial charge on any atom is -0.497 e. The number of hydrogen-bond donors (Lipinski definition) is 0. The first-order valence-corrected chi connectivity index (χ1v) is 10.7. The van der Waals surface area contributed by atoms with Gasteiger partial charge in [-0.25, -0.2) is 0 Å². The smallest absolute Gasteiger partial charge is 0.315 e. The first-order valence-electron chi connectivity index (χ1n) is 10.7. The van der Waals surface area contributed by atoms with Gasteiger partial charge in [0.05, 0.1) is 13.7 Å². The van der Waals surface area contributed by atoms with Gasteiger partial charge >= 0.3 is 5.97 Å². The standard InChI is InChI=1S/C26H27NO4/c1-17-23(26(29)31-16-15-18-7-4-3-5-8-18)24(19-11-13-20(30-2)14-12-19)25-21(27-17)9-6-10-22(25)28/h3-5,7-8,11-14,23-24H,6,9-10,15-16H2,1-2H3/t23?,24-/m1/s1. The quantitative estimate of drug-likeness (QED) is 0.641. The summed E-state index contributed by atoms with van der Waals surface area (Å²) >= 11 is 0. The highest BCUT2D eigenvalue weighted by atomic mass is 16.5. The number of nitrogens with zero attached hydrogens (tertiary/aromatic N) is 1. The van der Waals surface area contributed by atoms with E-state index in [1.54, 1.807) is 7.11 Å². The van der Waals surface area contributed by atoms with Gasteiger partial charge in [-0.05, 0) is 43.0 Å². The van der Waals surface area contributed by atoms with E-state index in [1.165, 1.54) is 0 Å². The van der Waals surface area contributed by atoms with Crippen molar-refractivity contribution in [1.29, 1.82) is 0 Å². The summed E-state index contributed by atoms with van der Waals surface area (Å²) in [6.07, 6.45) is 2.71. The zero-order chi connectivity index (χ0) is 21.8. The first-order chi connectivity index (χ1) is 15.1. The number of methoxy groups -OCH3 is 1. The van der Waals surface area contributed by atoms with E-state index in [4.69, 9.17) is 9.47 Å². The van der Waals surface area contributed by atoms with Gasteiger partial charge in [-0.1, -0.05) is 42.5 Å². The average Bonchev–Trinajstić information content (AvgIpc) is 2.79. The molecule has 0 fully saturated rings. The van der Waals surface area contributed by atoms with Crippen LogP contribution in [0, 0.1) is 5.92 Å². The highest BCUT2D eigenvalue weighted by Crippen LogP contribution is 2.43. The molecule has 1 unspecified atom stereocenters. The van der Waals surface area contributed by atoms with E-state index < -0.39 is 5.92 Å². The fraction of sp³-hybridized carbons (Fsp3) is 0.346. The Morgan fingerprint density at radius 2 is 1.81 bits per heavy atom. The van der Waals surface area contributed by atoms with Crippen molar-refractivity contribution in [3.63, 3.8) is 0 Å². The van der Waals surface area contributed by atoms with Crippen LogP contribution in [0.25, 0.3) is 0 Å². The minimum atomic E-state index is -0.607. The summed E-state index contributed by atoms with van der Waals surface area (Å²) in [5.74, 6) is -0.500. The van der Waals surface area contributed by atoms with Crippen LogP contribution < -0.4 is 4.74 Å². The molecule has 0 N–H and O–H groups in total. The number of benzene rings is 2. The maximum absolute atomic E-state index is 13.2. The van der Waals surface area contributed by atoms with Gasteiger partial charge in [0.15, 0.2) is 5.78 Å². The molecule has 1 heterocycles. The third-order valence-corrected chi connectivity index (χ3v) is 6.04. The molecule has 2 aromatic rings. The average molecular weight is 418 g/mol. The normalized spacial score (nSPS) is 20.7. The summed E-state index contributed by atoms with van der Waals surface area (Å²) in [5, 5.41) is 0. The molecule has 2 aliphatic rings. The van der Waals surface area contributed by atoms with Crippen LogP contribution in [0.4, 0.5) is 0 Å². The Balaban J connectivity index is 1.62. The van der Waals surface area contributed by atoms with Gasteiger partial charge in [0, 0.05) is 35.7 Å². The molecule has 0 saturated carbocycles. The third-order valence-electron chi connectivity index (χ3n) is 6.04. The van der Waals surface area contributed by atoms with Crippen molar-refractivity contribution in [2.24, 2.45) is 10.9 Å². The predicted molar refractivity (Wildman–Crippen MR) is 119 cm³/mol. The van der Waals surface area contributed by atoms with E-state index >= 15 is 0 Å². The first kappa shape index (κ1) is 21.0. The zero-order valence-corrected chi connectivity index (χ0v) is 18.0. The van der Waals surface area contributed by atoms with Crippen LogP contribution in [0.3, 0.4) is 0 Å². The molecule has 1 aliphatic carbocycles. The molecule has 0 bridgehead atoms. The van der Waals surface area contributed by atoms with Gasteiger partial charge in [-0.3, -0.25) is 14.6 Å². The monoisotopic (exact) mass is 417 g/mol. The van der Waals surface area contributed by atoms with Crippen molar-refractivity contribution in [3.8, 4) is 5.75 Å². The lowest BCUT2D eigenvalue weighted by molar-refractivity contribution is -0.146. The fourth-order valence-electron chi connectivity index (χ4n) is 4.49. The van der Waals surface area contributed by atoms with Gasteiger partial charge < -0.3 is 9.47 Å². The van der Waals surface area contributed by atoms with Crippen LogP contribution in [0.2, 0.25) is 0 Å². The molecule has 0 spiro atoms. The van der Waals surface area contributed by atoms with Crippen molar-refractivity contribution in [1.82, 2.24) is 0 Å². The Morgan fingerprint density at radius 3 is 2.52 bits per heavy atom. The highest BCUT2D eigenvalue weighted by molar-refractivity contribution is 6.08. The predicted octanol–water partition coefficient (Wildman–Crippen LogP) is 4.66. The molecular weight excluding hydrogens is 390 g/mol. The van der Waals surface area contributed by atoms with E-state index in [2.05, 4.69) is 4.99 Å². The van der Waals surface area contributed by atoms with Crippen molar-refractivity contribution in [2.45, 2.75) is 38.5 Å². The summed E-state index contributed by atoms with van der Waals surface area (Å²) in [4.78, 5) is 30.8. The maximum atomic E-state index is 13.2. The zero-order valence-electron chi connectivity index (χ0n) is 18.0. The number of aliphatic imine (C=N–C) groups is 1. The Kier molecular flexibility index (Phi) is 6.31. The Hall–Kier alpha value is -3.21. The second-order valence-electron chi connectivity index (χ2n) is 8.02. The summed E-state index contributed by atoms with van der Waals surface area (Å²) in [6, 6.07) is 17.5. The lowest BCUT2D eigenvalue weighted by Gasteiger charge is -2.34. The van der Waals surface area contributed by atoms with Gasteiger partial charge in [0.25, 0.3) is 0 Å². The van der Waals surface area contributed by atoms with Crippen molar-refractivity contribution < 1.29 is 19.1 Å². The number of carbonyl (C=O) groups is 2. The summed E-state index contributed by atoms with van der Waals surface area (Å²) in [5.41, 5.74) is 4.22. The molecule has 5 heteroatoms. The summed E-state index contributed by atoms with van der Waals surface area (Å²) in [7, 11) is 1.62. The van der Waals surface area contributed by atoms with Gasteiger partial charge in [-0.2, -0.15) is 0 Å². The SMILES string of the molecule is COc1ccc([C@H]2C3=C(CCCC3=O)N=C(C)C2C(=O)OCCc2ccccc2)cc1. The molecular formula is C26H27NO4. The topological polar surface area (TPSA) is 65.0 Å². The van der Waals surface area contributed by atoms with Crippen LogP contribution in [0.1, 0.15) is 43.2 Å². The molecule has 0 aromatic heterocycles.